The van der Waals surface area contributed by atoms with Crippen molar-refractivity contribution in [2.24, 2.45) is 22.7 Å². The summed E-state index contributed by atoms with van der Waals surface area (Å²) in [6.45, 7) is 2.25. The molecular weight excluding hydrogens is 354 g/mol. The first-order valence-electron chi connectivity index (χ1n) is 9.97. The fourth-order valence-corrected chi connectivity index (χ4v) is 7.14. The highest BCUT2D eigenvalue weighted by Crippen LogP contribution is 2.70. The Hall–Kier alpha value is -1.14. The van der Waals surface area contributed by atoms with E-state index in [9.17, 15) is 24.2 Å². The number of hydrogen-bond donors (Lipinski definition) is 2. The zero-order chi connectivity index (χ0) is 19.8. The Balaban J connectivity index is 1.80. The summed E-state index contributed by atoms with van der Waals surface area (Å²) >= 11 is 0. The molecule has 0 amide bonds. The number of aliphatic hydroxyl groups excluding tert-OH is 1. The molecule has 3 fully saturated rings. The Morgan fingerprint density at radius 1 is 1.22 bits per heavy atom. The number of carbonyl (C=O) groups excluding carboxylic acids is 2. The molecule has 27 heavy (non-hydrogen) atoms. The Morgan fingerprint density at radius 2 is 1.93 bits per heavy atom. The van der Waals surface area contributed by atoms with Gasteiger partial charge in [-0.25, -0.2) is 8.78 Å². The molecule has 2 N–H and O–H groups in total. The predicted octanol–water partition coefficient (Wildman–Crippen LogP) is 2.85. The summed E-state index contributed by atoms with van der Waals surface area (Å²) in [5.41, 5.74) is -4.96. The van der Waals surface area contributed by atoms with Gasteiger partial charge in [0.1, 0.15) is 11.3 Å². The van der Waals surface area contributed by atoms with Crippen molar-refractivity contribution in [2.75, 3.05) is 6.67 Å². The molecule has 0 spiro atoms. The van der Waals surface area contributed by atoms with Crippen molar-refractivity contribution in [3.05, 3.63) is 11.6 Å². The number of alkyl halides is 2. The number of ketones is 2. The molecule has 0 bridgehead atoms. The summed E-state index contributed by atoms with van der Waals surface area (Å²) in [7, 11) is 0. The number of allylic oxidation sites excluding steroid dienone is 1. The van der Waals surface area contributed by atoms with Crippen LogP contribution < -0.4 is 0 Å². The maximum atomic E-state index is 16.8. The molecule has 0 unspecified atom stereocenters. The molecule has 0 aromatic rings. The summed E-state index contributed by atoms with van der Waals surface area (Å²) in [4.78, 5) is 24.1. The average molecular weight is 382 g/mol. The van der Waals surface area contributed by atoms with Gasteiger partial charge in [0.05, 0.1) is 6.10 Å². The van der Waals surface area contributed by atoms with E-state index in [0.717, 1.165) is 5.57 Å². The Labute approximate surface area is 158 Å². The van der Waals surface area contributed by atoms with Crippen molar-refractivity contribution >= 4 is 11.6 Å². The van der Waals surface area contributed by atoms with Crippen molar-refractivity contribution < 1.29 is 28.6 Å². The zero-order valence-electron chi connectivity index (χ0n) is 15.9. The quantitative estimate of drug-likeness (QED) is 0.770. The van der Waals surface area contributed by atoms with Gasteiger partial charge >= 0.3 is 0 Å². The van der Waals surface area contributed by atoms with E-state index in [0.29, 0.717) is 25.7 Å². The van der Waals surface area contributed by atoms with Gasteiger partial charge < -0.3 is 10.2 Å². The lowest BCUT2D eigenvalue weighted by atomic mass is 9.44. The van der Waals surface area contributed by atoms with E-state index in [1.54, 1.807) is 19.9 Å². The normalized spacial score (nSPS) is 51.9. The maximum Gasteiger partial charge on any atom is 0.195 e. The first kappa shape index (κ1) is 19.2. The third-order valence-electron chi connectivity index (χ3n) is 8.78. The molecule has 0 aromatic heterocycles. The van der Waals surface area contributed by atoms with Gasteiger partial charge in [0, 0.05) is 23.2 Å². The van der Waals surface area contributed by atoms with Crippen molar-refractivity contribution in [3.8, 4) is 0 Å². The van der Waals surface area contributed by atoms with Crippen LogP contribution in [0.25, 0.3) is 0 Å². The number of halogens is 2. The minimum atomic E-state index is -1.91. The second kappa shape index (κ2) is 5.69. The molecule has 0 saturated heterocycles. The van der Waals surface area contributed by atoms with Crippen LogP contribution in [-0.4, -0.2) is 45.8 Å². The summed E-state index contributed by atoms with van der Waals surface area (Å²) in [6.07, 6.45) is 2.31. The third kappa shape index (κ3) is 2.09. The van der Waals surface area contributed by atoms with Crippen LogP contribution in [0.15, 0.2) is 11.6 Å². The highest BCUT2D eigenvalue weighted by Gasteiger charge is 2.74. The number of hydrogen-bond acceptors (Lipinski definition) is 4. The molecule has 7 atom stereocenters. The van der Waals surface area contributed by atoms with Gasteiger partial charge in [-0.2, -0.15) is 0 Å². The molecule has 0 aliphatic heterocycles. The Kier molecular flexibility index (Phi) is 4.05. The summed E-state index contributed by atoms with van der Waals surface area (Å²) < 4.78 is 29.9. The fourth-order valence-electron chi connectivity index (χ4n) is 7.14. The van der Waals surface area contributed by atoms with Gasteiger partial charge in [0.2, 0.25) is 0 Å². The number of carbonyl (C=O) groups is 2. The van der Waals surface area contributed by atoms with Crippen LogP contribution in [0.3, 0.4) is 0 Å². The Bertz CT molecular complexity index is 736. The molecular formula is C21H28F2O4. The van der Waals surface area contributed by atoms with Crippen LogP contribution in [0.1, 0.15) is 58.8 Å². The van der Waals surface area contributed by atoms with E-state index in [4.69, 9.17) is 0 Å². The number of rotatable bonds is 2. The predicted molar refractivity (Wildman–Crippen MR) is 94.4 cm³/mol. The van der Waals surface area contributed by atoms with Crippen molar-refractivity contribution in [1.82, 2.24) is 0 Å². The van der Waals surface area contributed by atoms with Gasteiger partial charge in [-0.3, -0.25) is 9.59 Å². The molecule has 4 aliphatic rings. The van der Waals surface area contributed by atoms with E-state index in [1.807, 2.05) is 0 Å². The topological polar surface area (TPSA) is 74.6 Å². The van der Waals surface area contributed by atoms with Crippen molar-refractivity contribution in [1.29, 1.82) is 0 Å². The van der Waals surface area contributed by atoms with Gasteiger partial charge in [-0.1, -0.05) is 19.4 Å². The second-order valence-electron chi connectivity index (χ2n) is 9.58. The van der Waals surface area contributed by atoms with Crippen LogP contribution in [0.4, 0.5) is 8.78 Å². The van der Waals surface area contributed by atoms with Gasteiger partial charge in [0.25, 0.3) is 0 Å². The SMILES string of the molecule is C[C@]12CCC(=O)C=C1CC[C@H]1[C@@H]3CC[C@](O)(C(=O)CF)[C@@]3(C)C[C@H](O)[C@@]12F. The maximum absolute atomic E-state index is 16.8. The van der Waals surface area contributed by atoms with E-state index in [2.05, 4.69) is 0 Å². The highest BCUT2D eigenvalue weighted by atomic mass is 19.1. The van der Waals surface area contributed by atoms with Crippen LogP contribution >= 0.6 is 0 Å². The largest absolute Gasteiger partial charge is 0.390 e. The number of fused-ring (bicyclic) bond motifs is 5. The van der Waals surface area contributed by atoms with Gasteiger partial charge in [-0.05, 0) is 50.5 Å². The number of aliphatic hydroxyl groups is 2. The minimum absolute atomic E-state index is 0.00319. The minimum Gasteiger partial charge on any atom is -0.390 e. The van der Waals surface area contributed by atoms with E-state index in [1.165, 1.54) is 0 Å². The highest BCUT2D eigenvalue weighted by molar-refractivity contribution is 5.92. The standard InChI is InChI=1S/C21H28F2O4/c1-18-7-5-13(24)9-12(18)3-4-15-14-6-8-20(27,17(26)11-22)19(14,2)10-16(25)21(15,18)23/h9,14-16,25,27H,3-8,10-11H2,1-2H3/t14-,15-,16-,18-,19-,20-,21-/m0/s1. The Morgan fingerprint density at radius 3 is 2.59 bits per heavy atom. The molecule has 0 aromatic carbocycles. The van der Waals surface area contributed by atoms with E-state index in [-0.39, 0.29) is 31.0 Å². The van der Waals surface area contributed by atoms with Gasteiger partial charge in [-0.15, -0.1) is 0 Å². The molecule has 6 heteroatoms. The fraction of sp³-hybridized carbons (Fsp3) is 0.810. The monoisotopic (exact) mass is 382 g/mol. The lowest BCUT2D eigenvalue weighted by Crippen LogP contribution is -2.69. The lowest BCUT2D eigenvalue weighted by molar-refractivity contribution is -0.226. The van der Waals surface area contributed by atoms with Crippen molar-refractivity contribution in [3.63, 3.8) is 0 Å². The third-order valence-corrected chi connectivity index (χ3v) is 8.78. The van der Waals surface area contributed by atoms with Crippen molar-refractivity contribution in [2.45, 2.75) is 76.2 Å². The smallest absolute Gasteiger partial charge is 0.195 e. The van der Waals surface area contributed by atoms with Gasteiger partial charge in [0.15, 0.2) is 18.2 Å². The summed E-state index contributed by atoms with van der Waals surface area (Å²) in [6, 6.07) is 0. The summed E-state index contributed by atoms with van der Waals surface area (Å²) in [5, 5.41) is 22.1. The first-order chi connectivity index (χ1) is 12.5. The van der Waals surface area contributed by atoms with Crippen LogP contribution in [-0.2, 0) is 9.59 Å². The number of Topliss-reactive ketones (excluding diaryl/α,β-unsaturated/α-hetero) is 1. The molecule has 4 nitrogen and oxygen atoms in total. The first-order valence-corrected chi connectivity index (χ1v) is 9.97. The van der Waals surface area contributed by atoms with Crippen LogP contribution in [0.2, 0.25) is 0 Å². The molecule has 150 valence electrons. The molecule has 0 radical (unpaired) electrons. The van der Waals surface area contributed by atoms with Crippen LogP contribution in [0.5, 0.6) is 0 Å². The van der Waals surface area contributed by atoms with E-state index >= 15 is 4.39 Å². The molecule has 3 saturated carbocycles. The average Bonchev–Trinajstić information content (AvgIpc) is 2.88. The molecule has 0 heterocycles. The second-order valence-corrected chi connectivity index (χ2v) is 9.58. The lowest BCUT2D eigenvalue weighted by Gasteiger charge is -2.63. The zero-order valence-corrected chi connectivity index (χ0v) is 15.9. The van der Waals surface area contributed by atoms with Crippen LogP contribution in [0, 0.1) is 22.7 Å². The summed E-state index contributed by atoms with van der Waals surface area (Å²) in [5.74, 6) is -1.69. The molecule has 4 aliphatic carbocycles. The molecule has 4 rings (SSSR count). The van der Waals surface area contributed by atoms with E-state index < -0.39 is 46.6 Å².